The zero-order valence-electron chi connectivity index (χ0n) is 19.2. The third-order valence-electron chi connectivity index (χ3n) is 5.34. The molecule has 0 bridgehead atoms. The summed E-state index contributed by atoms with van der Waals surface area (Å²) < 4.78 is 0. The highest BCUT2D eigenvalue weighted by Gasteiger charge is 2.27. The van der Waals surface area contributed by atoms with Crippen molar-refractivity contribution in [2.75, 3.05) is 0 Å². The summed E-state index contributed by atoms with van der Waals surface area (Å²) in [6, 6.07) is 20.3. The van der Waals surface area contributed by atoms with E-state index in [4.69, 9.17) is 9.97 Å². The van der Waals surface area contributed by atoms with Gasteiger partial charge in [-0.2, -0.15) is 0 Å². The van der Waals surface area contributed by atoms with Gasteiger partial charge in [-0.1, -0.05) is 26.0 Å². The number of aryl methyl sites for hydroxylation is 2. The standard InChI is InChI=1S/C25H24N4.C2H6/c1-17-19(9-7-15-26-17)21-11-5-13-23(28-21)25(3,4)24-14-6-12-22(29-24)20-10-8-16-27-18(20)2;1-2/h5-16H,1-4H3;1-2H3. The average molecular weight is 411 g/mol. The molecule has 0 saturated heterocycles. The lowest BCUT2D eigenvalue weighted by Gasteiger charge is -2.25. The molecule has 4 heterocycles. The lowest BCUT2D eigenvalue weighted by atomic mass is 9.84. The SMILES string of the molecule is CC.Cc1ncccc1-c1cccc(C(C)(C)c2cccc(-c3cccnc3C)n2)n1. The van der Waals surface area contributed by atoms with Crippen LogP contribution in [-0.2, 0) is 5.41 Å². The lowest BCUT2D eigenvalue weighted by molar-refractivity contribution is 0.596. The molecule has 0 atom stereocenters. The monoisotopic (exact) mass is 410 g/mol. The van der Waals surface area contributed by atoms with Crippen LogP contribution in [0.3, 0.4) is 0 Å². The molecular formula is C27H30N4. The largest absolute Gasteiger partial charge is 0.261 e. The molecule has 31 heavy (non-hydrogen) atoms. The summed E-state index contributed by atoms with van der Waals surface area (Å²) in [6.45, 7) is 12.3. The van der Waals surface area contributed by atoms with Gasteiger partial charge in [0.15, 0.2) is 0 Å². The molecule has 0 aliphatic heterocycles. The molecule has 4 heteroatoms. The number of nitrogens with zero attached hydrogens (tertiary/aromatic N) is 4. The summed E-state index contributed by atoms with van der Waals surface area (Å²) in [5.74, 6) is 0. The molecule has 0 amide bonds. The number of pyridine rings is 4. The summed E-state index contributed by atoms with van der Waals surface area (Å²) in [5, 5.41) is 0. The molecule has 4 rings (SSSR count). The molecule has 158 valence electrons. The Labute approximate surface area is 185 Å². The van der Waals surface area contributed by atoms with Crippen molar-refractivity contribution >= 4 is 0 Å². The molecule has 0 fully saturated rings. The second-order valence-electron chi connectivity index (χ2n) is 7.71. The topological polar surface area (TPSA) is 51.6 Å². The molecule has 4 aromatic heterocycles. The Morgan fingerprint density at radius 3 is 1.39 bits per heavy atom. The molecule has 0 aliphatic carbocycles. The molecule has 0 N–H and O–H groups in total. The van der Waals surface area contributed by atoms with Crippen LogP contribution in [0.15, 0.2) is 73.1 Å². The zero-order chi connectivity index (χ0) is 22.4. The quantitative estimate of drug-likeness (QED) is 0.382. The highest BCUT2D eigenvalue weighted by Crippen LogP contribution is 2.32. The second kappa shape index (κ2) is 9.61. The minimum atomic E-state index is -0.349. The maximum absolute atomic E-state index is 4.98. The van der Waals surface area contributed by atoms with E-state index >= 15 is 0 Å². The van der Waals surface area contributed by atoms with E-state index in [1.807, 2.05) is 64.4 Å². The van der Waals surface area contributed by atoms with Gasteiger partial charge in [-0.25, -0.2) is 0 Å². The van der Waals surface area contributed by atoms with E-state index in [-0.39, 0.29) is 5.41 Å². The van der Waals surface area contributed by atoms with Crippen LogP contribution in [0.25, 0.3) is 22.5 Å². The summed E-state index contributed by atoms with van der Waals surface area (Å²) in [4.78, 5) is 18.8. The van der Waals surface area contributed by atoms with Crippen LogP contribution in [-0.4, -0.2) is 19.9 Å². The summed E-state index contributed by atoms with van der Waals surface area (Å²) >= 11 is 0. The Morgan fingerprint density at radius 2 is 1.00 bits per heavy atom. The zero-order valence-corrected chi connectivity index (χ0v) is 19.2. The lowest BCUT2D eigenvalue weighted by Crippen LogP contribution is -2.22. The molecule has 0 spiro atoms. The molecule has 0 saturated carbocycles. The van der Waals surface area contributed by atoms with Crippen molar-refractivity contribution in [1.82, 2.24) is 19.9 Å². The van der Waals surface area contributed by atoms with Gasteiger partial charge in [0.05, 0.1) is 22.8 Å². The van der Waals surface area contributed by atoms with Crippen molar-refractivity contribution in [3.63, 3.8) is 0 Å². The highest BCUT2D eigenvalue weighted by atomic mass is 14.8. The fourth-order valence-corrected chi connectivity index (χ4v) is 3.51. The van der Waals surface area contributed by atoms with Crippen LogP contribution in [0.5, 0.6) is 0 Å². The first-order chi connectivity index (χ1) is 15.0. The van der Waals surface area contributed by atoms with Crippen molar-refractivity contribution in [3.8, 4) is 22.5 Å². The molecule has 0 radical (unpaired) electrons. The van der Waals surface area contributed by atoms with Gasteiger partial charge in [-0.15, -0.1) is 0 Å². The Kier molecular flexibility index (Phi) is 6.91. The van der Waals surface area contributed by atoms with Gasteiger partial charge >= 0.3 is 0 Å². The fraction of sp³-hybridized carbons (Fsp3) is 0.259. The van der Waals surface area contributed by atoms with Gasteiger partial charge in [0, 0.05) is 40.3 Å². The Bertz CT molecular complexity index is 1070. The van der Waals surface area contributed by atoms with Gasteiger partial charge in [0.2, 0.25) is 0 Å². The molecule has 4 nitrogen and oxygen atoms in total. The first kappa shape index (κ1) is 22.3. The van der Waals surface area contributed by atoms with Crippen LogP contribution in [0.4, 0.5) is 0 Å². The van der Waals surface area contributed by atoms with Crippen LogP contribution in [0.2, 0.25) is 0 Å². The van der Waals surface area contributed by atoms with Crippen molar-refractivity contribution in [3.05, 3.63) is 95.8 Å². The molecule has 4 aromatic rings. The van der Waals surface area contributed by atoms with Crippen LogP contribution in [0.1, 0.15) is 50.5 Å². The van der Waals surface area contributed by atoms with Gasteiger partial charge in [0.25, 0.3) is 0 Å². The third-order valence-corrected chi connectivity index (χ3v) is 5.34. The molecule has 0 aromatic carbocycles. The van der Waals surface area contributed by atoms with Crippen LogP contribution < -0.4 is 0 Å². The first-order valence-electron chi connectivity index (χ1n) is 10.8. The van der Waals surface area contributed by atoms with Gasteiger partial charge in [0.1, 0.15) is 0 Å². The Balaban J connectivity index is 0.00000132. The smallest absolute Gasteiger partial charge is 0.0723 e. The number of hydrogen-bond donors (Lipinski definition) is 0. The Hall–Kier alpha value is -3.40. The van der Waals surface area contributed by atoms with E-state index in [9.17, 15) is 0 Å². The van der Waals surface area contributed by atoms with Crippen molar-refractivity contribution in [1.29, 1.82) is 0 Å². The molecule has 0 aliphatic rings. The van der Waals surface area contributed by atoms with Crippen LogP contribution >= 0.6 is 0 Å². The van der Waals surface area contributed by atoms with Gasteiger partial charge in [-0.3, -0.25) is 19.9 Å². The van der Waals surface area contributed by atoms with E-state index < -0.39 is 0 Å². The van der Waals surface area contributed by atoms with Gasteiger partial charge < -0.3 is 0 Å². The van der Waals surface area contributed by atoms with Crippen molar-refractivity contribution in [2.45, 2.75) is 47.0 Å². The third kappa shape index (κ3) is 4.69. The van der Waals surface area contributed by atoms with E-state index in [0.717, 1.165) is 45.3 Å². The fourth-order valence-electron chi connectivity index (χ4n) is 3.51. The summed E-state index contributed by atoms with van der Waals surface area (Å²) in [6.07, 6.45) is 3.62. The number of aromatic nitrogens is 4. The predicted molar refractivity (Wildman–Crippen MR) is 128 cm³/mol. The number of hydrogen-bond acceptors (Lipinski definition) is 4. The minimum absolute atomic E-state index is 0.349. The summed E-state index contributed by atoms with van der Waals surface area (Å²) in [7, 11) is 0. The van der Waals surface area contributed by atoms with E-state index in [1.54, 1.807) is 0 Å². The minimum Gasteiger partial charge on any atom is -0.261 e. The summed E-state index contributed by atoms with van der Waals surface area (Å²) in [5.41, 5.74) is 7.52. The van der Waals surface area contributed by atoms with E-state index in [1.165, 1.54) is 0 Å². The highest BCUT2D eigenvalue weighted by molar-refractivity contribution is 5.63. The maximum atomic E-state index is 4.98. The normalized spacial score (nSPS) is 10.9. The number of rotatable bonds is 4. The van der Waals surface area contributed by atoms with E-state index in [2.05, 4.69) is 60.2 Å². The van der Waals surface area contributed by atoms with Crippen LogP contribution in [0, 0.1) is 13.8 Å². The second-order valence-corrected chi connectivity index (χ2v) is 7.71. The first-order valence-corrected chi connectivity index (χ1v) is 10.8. The average Bonchev–Trinajstić information content (AvgIpc) is 2.81. The molecule has 0 unspecified atom stereocenters. The maximum Gasteiger partial charge on any atom is 0.0723 e. The Morgan fingerprint density at radius 1 is 0.581 bits per heavy atom. The van der Waals surface area contributed by atoms with Crippen molar-refractivity contribution in [2.24, 2.45) is 0 Å². The van der Waals surface area contributed by atoms with Crippen molar-refractivity contribution < 1.29 is 0 Å². The molecular weight excluding hydrogens is 380 g/mol. The predicted octanol–water partition coefficient (Wildman–Crippen LogP) is 6.57. The van der Waals surface area contributed by atoms with E-state index in [0.29, 0.717) is 0 Å². The van der Waals surface area contributed by atoms with Gasteiger partial charge in [-0.05, 0) is 76.2 Å².